The van der Waals surface area contributed by atoms with Gasteiger partial charge in [-0.05, 0) is 48.2 Å². The van der Waals surface area contributed by atoms with Crippen LogP contribution in [0.5, 0.6) is 0 Å². The maximum Gasteiger partial charge on any atom is 0.337 e. The molecule has 0 aromatic heterocycles. The molecule has 0 unspecified atom stereocenters. The summed E-state index contributed by atoms with van der Waals surface area (Å²) in [5.41, 5.74) is 1.83. The average Bonchev–Trinajstić information content (AvgIpc) is 3.40. The van der Waals surface area contributed by atoms with Crippen molar-refractivity contribution in [3.05, 3.63) is 63.1 Å². The van der Waals surface area contributed by atoms with Crippen LogP contribution in [0, 0.1) is 5.92 Å². The zero-order valence-corrected chi connectivity index (χ0v) is 14.6. The summed E-state index contributed by atoms with van der Waals surface area (Å²) in [5.74, 6) is -1.21. The van der Waals surface area contributed by atoms with Gasteiger partial charge in [-0.15, -0.1) is 0 Å². The van der Waals surface area contributed by atoms with Crippen LogP contribution in [0.4, 0.5) is 5.69 Å². The predicted molar refractivity (Wildman–Crippen MR) is 100 cm³/mol. The largest absolute Gasteiger partial charge is 0.478 e. The van der Waals surface area contributed by atoms with Gasteiger partial charge in [-0.25, -0.2) is 4.79 Å². The lowest BCUT2D eigenvalue weighted by molar-refractivity contribution is -0.117. The second-order valence-corrected chi connectivity index (χ2v) is 6.72. The van der Waals surface area contributed by atoms with E-state index < -0.39 is 5.97 Å². The molecule has 1 saturated carbocycles. The van der Waals surface area contributed by atoms with E-state index in [0.717, 1.165) is 18.4 Å². The molecule has 128 valence electrons. The second kappa shape index (κ2) is 7.30. The Balaban J connectivity index is 1.84. The lowest BCUT2D eigenvalue weighted by atomic mass is 10.1. The number of benzene rings is 2. The highest BCUT2D eigenvalue weighted by Crippen LogP contribution is 2.31. The molecule has 0 bridgehead atoms. The van der Waals surface area contributed by atoms with Gasteiger partial charge in [-0.3, -0.25) is 4.79 Å². The van der Waals surface area contributed by atoms with Gasteiger partial charge in [0.15, 0.2) is 0 Å². The molecule has 2 aromatic rings. The molecule has 2 N–H and O–H groups in total. The highest BCUT2D eigenvalue weighted by molar-refractivity contribution is 6.35. The Morgan fingerprint density at radius 2 is 1.84 bits per heavy atom. The molecule has 1 amide bonds. The number of carbonyl (C=O) groups excluding carboxylic acids is 1. The van der Waals surface area contributed by atoms with Crippen LogP contribution in [0.15, 0.2) is 36.4 Å². The minimum Gasteiger partial charge on any atom is -0.478 e. The number of hydrogen-bond acceptors (Lipinski definition) is 2. The number of carboxylic acid groups (broad SMARTS) is 1. The minimum atomic E-state index is -1.09. The number of nitrogens with one attached hydrogen (secondary N) is 1. The van der Waals surface area contributed by atoms with E-state index in [1.54, 1.807) is 42.5 Å². The van der Waals surface area contributed by atoms with Crippen LogP contribution in [0.25, 0.3) is 12.2 Å². The Bertz CT molecular complexity index is 873. The van der Waals surface area contributed by atoms with Crippen molar-refractivity contribution in [1.29, 1.82) is 0 Å². The average molecular weight is 376 g/mol. The van der Waals surface area contributed by atoms with E-state index in [-0.39, 0.29) is 17.4 Å². The Labute approximate surface area is 155 Å². The van der Waals surface area contributed by atoms with E-state index in [2.05, 4.69) is 5.32 Å². The van der Waals surface area contributed by atoms with Crippen LogP contribution in [-0.2, 0) is 4.79 Å². The first-order valence-electron chi connectivity index (χ1n) is 7.75. The van der Waals surface area contributed by atoms with Crippen LogP contribution in [0.1, 0.15) is 34.3 Å². The molecule has 0 aliphatic heterocycles. The highest BCUT2D eigenvalue weighted by Gasteiger charge is 2.30. The number of rotatable bonds is 5. The van der Waals surface area contributed by atoms with Crippen LogP contribution in [0.2, 0.25) is 10.0 Å². The molecular weight excluding hydrogens is 361 g/mol. The molecule has 0 atom stereocenters. The SMILES string of the molecule is O=C(O)c1cc(/C=C/c2ccc(Cl)cc2Cl)ccc1NC(=O)C1CC1. The van der Waals surface area contributed by atoms with Gasteiger partial charge in [-0.2, -0.15) is 0 Å². The van der Waals surface area contributed by atoms with Crippen LogP contribution < -0.4 is 5.32 Å². The van der Waals surface area contributed by atoms with Crippen molar-refractivity contribution in [2.75, 3.05) is 5.32 Å². The molecule has 3 rings (SSSR count). The zero-order valence-electron chi connectivity index (χ0n) is 13.1. The first kappa shape index (κ1) is 17.5. The fraction of sp³-hybridized carbons (Fsp3) is 0.158. The molecule has 0 spiro atoms. The van der Waals surface area contributed by atoms with Gasteiger partial charge in [0.05, 0.1) is 11.3 Å². The summed E-state index contributed by atoms with van der Waals surface area (Å²) < 4.78 is 0. The summed E-state index contributed by atoms with van der Waals surface area (Å²) in [7, 11) is 0. The number of hydrogen-bond donors (Lipinski definition) is 2. The fourth-order valence-electron chi connectivity index (χ4n) is 2.35. The van der Waals surface area contributed by atoms with Gasteiger partial charge in [-0.1, -0.05) is 47.5 Å². The Hall–Kier alpha value is -2.30. The smallest absolute Gasteiger partial charge is 0.337 e. The molecule has 25 heavy (non-hydrogen) atoms. The number of anilines is 1. The summed E-state index contributed by atoms with van der Waals surface area (Å²) in [6, 6.07) is 10.0. The summed E-state index contributed by atoms with van der Waals surface area (Å²) in [5, 5.41) is 13.2. The van der Waals surface area contributed by atoms with Gasteiger partial charge >= 0.3 is 5.97 Å². The van der Waals surface area contributed by atoms with Crippen molar-refractivity contribution >= 4 is 52.9 Å². The minimum absolute atomic E-state index is 0.00765. The Morgan fingerprint density at radius 1 is 1.08 bits per heavy atom. The molecular formula is C19H15Cl2NO3. The summed E-state index contributed by atoms with van der Waals surface area (Å²) in [6.07, 6.45) is 5.25. The topological polar surface area (TPSA) is 66.4 Å². The molecule has 1 fully saturated rings. The van der Waals surface area contributed by atoms with E-state index in [0.29, 0.717) is 21.3 Å². The first-order valence-corrected chi connectivity index (χ1v) is 8.51. The summed E-state index contributed by atoms with van der Waals surface area (Å²) in [4.78, 5) is 23.4. The number of carbonyl (C=O) groups is 2. The van der Waals surface area contributed by atoms with Crippen molar-refractivity contribution in [3.63, 3.8) is 0 Å². The van der Waals surface area contributed by atoms with Crippen molar-refractivity contribution in [2.45, 2.75) is 12.8 Å². The molecule has 0 radical (unpaired) electrons. The molecule has 0 heterocycles. The van der Waals surface area contributed by atoms with E-state index in [1.165, 1.54) is 6.07 Å². The van der Waals surface area contributed by atoms with Gasteiger partial charge in [0, 0.05) is 16.0 Å². The summed E-state index contributed by atoms with van der Waals surface area (Å²) in [6.45, 7) is 0. The second-order valence-electron chi connectivity index (χ2n) is 5.87. The third-order valence-corrected chi connectivity index (χ3v) is 4.46. The van der Waals surface area contributed by atoms with Gasteiger partial charge in [0.1, 0.15) is 0 Å². The first-order chi connectivity index (χ1) is 11.9. The lowest BCUT2D eigenvalue weighted by Crippen LogP contribution is -2.16. The van der Waals surface area contributed by atoms with Gasteiger partial charge < -0.3 is 10.4 Å². The van der Waals surface area contributed by atoms with E-state index >= 15 is 0 Å². The Morgan fingerprint density at radius 3 is 2.48 bits per heavy atom. The molecule has 1 aliphatic carbocycles. The molecule has 1 aliphatic rings. The van der Waals surface area contributed by atoms with Crippen molar-refractivity contribution < 1.29 is 14.7 Å². The maximum absolute atomic E-state index is 11.9. The van der Waals surface area contributed by atoms with Gasteiger partial charge in [0.25, 0.3) is 0 Å². The van der Waals surface area contributed by atoms with Crippen LogP contribution in [-0.4, -0.2) is 17.0 Å². The normalized spacial score (nSPS) is 13.8. The third-order valence-electron chi connectivity index (χ3n) is 3.90. The quantitative estimate of drug-likeness (QED) is 0.704. The molecule has 2 aromatic carbocycles. The molecule has 6 heteroatoms. The van der Waals surface area contributed by atoms with Crippen molar-refractivity contribution in [1.82, 2.24) is 0 Å². The number of amides is 1. The van der Waals surface area contributed by atoms with E-state index in [9.17, 15) is 14.7 Å². The Kier molecular flexibility index (Phi) is 5.11. The number of halogens is 2. The van der Waals surface area contributed by atoms with Crippen LogP contribution >= 0.6 is 23.2 Å². The maximum atomic E-state index is 11.9. The molecule has 0 saturated heterocycles. The molecule has 4 nitrogen and oxygen atoms in total. The number of aromatic carboxylic acids is 1. The third kappa shape index (κ3) is 4.41. The van der Waals surface area contributed by atoms with Gasteiger partial charge in [0.2, 0.25) is 5.91 Å². The fourth-order valence-corrected chi connectivity index (χ4v) is 2.83. The van der Waals surface area contributed by atoms with Crippen LogP contribution in [0.3, 0.4) is 0 Å². The lowest BCUT2D eigenvalue weighted by Gasteiger charge is -2.09. The summed E-state index contributed by atoms with van der Waals surface area (Å²) >= 11 is 12.0. The predicted octanol–water partition coefficient (Wildman–Crippen LogP) is 5.21. The van der Waals surface area contributed by atoms with E-state index in [1.807, 2.05) is 0 Å². The zero-order chi connectivity index (χ0) is 18.0. The standard InChI is InChI=1S/C19H15Cl2NO3/c20-14-7-6-12(16(21)10-14)3-1-11-2-8-17(15(9-11)19(24)25)22-18(23)13-4-5-13/h1-3,6-10,13H,4-5H2,(H,22,23)(H,24,25)/b3-1+. The van der Waals surface area contributed by atoms with Crippen molar-refractivity contribution in [2.24, 2.45) is 5.92 Å². The van der Waals surface area contributed by atoms with Crippen molar-refractivity contribution in [3.8, 4) is 0 Å². The monoisotopic (exact) mass is 375 g/mol. The number of carboxylic acids is 1. The highest BCUT2D eigenvalue weighted by atomic mass is 35.5. The van der Waals surface area contributed by atoms with E-state index in [4.69, 9.17) is 23.2 Å².